The molecule has 6 nitrogen and oxygen atoms in total. The van der Waals surface area contributed by atoms with E-state index in [9.17, 15) is 4.79 Å². The van der Waals surface area contributed by atoms with E-state index >= 15 is 0 Å². The van der Waals surface area contributed by atoms with Crippen molar-refractivity contribution in [3.05, 3.63) is 24.3 Å². The second kappa shape index (κ2) is 8.89. The molecule has 0 bridgehead atoms. The SMILES string of the molecule is O=C(NCC[C@@H]1CCCO1)Nc1ccc(OC[C@H]2CCCO2)cc1. The normalized spacial score (nSPS) is 23.2. The Balaban J connectivity index is 1.34. The number of hydrogen-bond donors (Lipinski definition) is 2. The van der Waals surface area contributed by atoms with E-state index in [0.717, 1.165) is 56.8 Å². The van der Waals surface area contributed by atoms with Gasteiger partial charge in [0.1, 0.15) is 12.4 Å². The maximum absolute atomic E-state index is 11.9. The molecular weight excluding hydrogens is 308 g/mol. The minimum atomic E-state index is -0.193. The van der Waals surface area contributed by atoms with Gasteiger partial charge in [-0.25, -0.2) is 4.79 Å². The minimum absolute atomic E-state index is 0.193. The summed E-state index contributed by atoms with van der Waals surface area (Å²) in [5, 5.41) is 5.68. The van der Waals surface area contributed by atoms with Crippen LogP contribution in [-0.4, -0.2) is 44.6 Å². The zero-order chi connectivity index (χ0) is 16.6. The summed E-state index contributed by atoms with van der Waals surface area (Å²) in [5.74, 6) is 0.787. The van der Waals surface area contributed by atoms with Gasteiger partial charge in [-0.3, -0.25) is 0 Å². The average molecular weight is 334 g/mol. The number of carbonyl (C=O) groups is 1. The number of rotatable bonds is 7. The largest absolute Gasteiger partial charge is 0.491 e. The van der Waals surface area contributed by atoms with Gasteiger partial charge in [0, 0.05) is 25.4 Å². The number of ether oxygens (including phenoxy) is 3. The van der Waals surface area contributed by atoms with Crippen LogP contribution in [0.1, 0.15) is 32.1 Å². The molecule has 0 saturated carbocycles. The highest BCUT2D eigenvalue weighted by atomic mass is 16.5. The van der Waals surface area contributed by atoms with Crippen LogP contribution in [-0.2, 0) is 9.47 Å². The molecule has 2 aliphatic rings. The molecule has 6 heteroatoms. The summed E-state index contributed by atoms with van der Waals surface area (Å²) in [5.41, 5.74) is 0.745. The molecule has 0 aliphatic carbocycles. The molecule has 2 fully saturated rings. The molecular formula is C18H26N2O4. The molecule has 0 unspecified atom stereocenters. The molecule has 2 saturated heterocycles. The van der Waals surface area contributed by atoms with Crippen LogP contribution in [0.25, 0.3) is 0 Å². The number of anilines is 1. The van der Waals surface area contributed by atoms with E-state index in [-0.39, 0.29) is 12.1 Å². The van der Waals surface area contributed by atoms with Crippen LogP contribution in [0.5, 0.6) is 5.75 Å². The highest BCUT2D eigenvalue weighted by Crippen LogP contribution is 2.18. The van der Waals surface area contributed by atoms with E-state index in [0.29, 0.717) is 19.3 Å². The van der Waals surface area contributed by atoms with Crippen LogP contribution in [0.3, 0.4) is 0 Å². The Morgan fingerprint density at radius 2 is 1.79 bits per heavy atom. The van der Waals surface area contributed by atoms with E-state index in [1.807, 2.05) is 24.3 Å². The topological polar surface area (TPSA) is 68.8 Å². The third-order valence-corrected chi connectivity index (χ3v) is 4.35. The Kier molecular flexibility index (Phi) is 6.32. The van der Waals surface area contributed by atoms with E-state index in [4.69, 9.17) is 14.2 Å². The zero-order valence-corrected chi connectivity index (χ0v) is 14.0. The second-order valence-electron chi connectivity index (χ2n) is 6.28. The third kappa shape index (κ3) is 5.39. The van der Waals surface area contributed by atoms with Crippen molar-refractivity contribution >= 4 is 11.7 Å². The van der Waals surface area contributed by atoms with Crippen molar-refractivity contribution in [1.82, 2.24) is 5.32 Å². The fraction of sp³-hybridized carbons (Fsp3) is 0.611. The van der Waals surface area contributed by atoms with Crippen molar-refractivity contribution in [3.63, 3.8) is 0 Å². The fourth-order valence-corrected chi connectivity index (χ4v) is 2.99. The molecule has 0 spiro atoms. The van der Waals surface area contributed by atoms with Gasteiger partial charge < -0.3 is 24.8 Å². The number of carbonyl (C=O) groups excluding carboxylic acids is 1. The van der Waals surface area contributed by atoms with Gasteiger partial charge in [0.2, 0.25) is 0 Å². The highest BCUT2D eigenvalue weighted by Gasteiger charge is 2.16. The van der Waals surface area contributed by atoms with E-state index in [1.165, 1.54) is 0 Å². The summed E-state index contributed by atoms with van der Waals surface area (Å²) >= 11 is 0. The number of nitrogens with one attached hydrogen (secondary N) is 2. The standard InChI is InChI=1S/C18H26N2O4/c21-18(19-10-9-15-3-1-11-22-15)20-14-5-7-16(8-6-14)24-13-17-4-2-12-23-17/h5-8,15,17H,1-4,9-13H2,(H2,19,20,21)/t15-,17+/m0/s1. The Bertz CT molecular complexity index is 508. The molecule has 2 N–H and O–H groups in total. The fourth-order valence-electron chi connectivity index (χ4n) is 2.99. The minimum Gasteiger partial charge on any atom is -0.491 e. The van der Waals surface area contributed by atoms with E-state index < -0.39 is 0 Å². The predicted molar refractivity (Wildman–Crippen MR) is 91.5 cm³/mol. The number of urea groups is 1. The number of hydrogen-bond acceptors (Lipinski definition) is 4. The Hall–Kier alpha value is -1.79. The van der Waals surface area contributed by atoms with Crippen molar-refractivity contribution in [2.75, 3.05) is 31.7 Å². The van der Waals surface area contributed by atoms with Crippen molar-refractivity contribution in [2.24, 2.45) is 0 Å². The van der Waals surface area contributed by atoms with Crippen LogP contribution in [0.15, 0.2) is 24.3 Å². The van der Waals surface area contributed by atoms with Gasteiger partial charge in [-0.15, -0.1) is 0 Å². The third-order valence-electron chi connectivity index (χ3n) is 4.35. The van der Waals surface area contributed by atoms with Crippen molar-refractivity contribution in [2.45, 2.75) is 44.3 Å². The lowest BCUT2D eigenvalue weighted by atomic mass is 10.2. The molecule has 3 rings (SSSR count). The monoisotopic (exact) mass is 334 g/mol. The first-order valence-corrected chi connectivity index (χ1v) is 8.80. The summed E-state index contributed by atoms with van der Waals surface area (Å²) < 4.78 is 16.8. The molecule has 2 aliphatic heterocycles. The maximum atomic E-state index is 11.9. The first-order valence-electron chi connectivity index (χ1n) is 8.80. The lowest BCUT2D eigenvalue weighted by molar-refractivity contribution is 0.0679. The quantitative estimate of drug-likeness (QED) is 0.804. The Morgan fingerprint density at radius 3 is 2.46 bits per heavy atom. The summed E-state index contributed by atoms with van der Waals surface area (Å²) in [6, 6.07) is 7.20. The maximum Gasteiger partial charge on any atom is 0.319 e. The molecule has 1 aromatic carbocycles. The molecule has 0 radical (unpaired) electrons. The molecule has 24 heavy (non-hydrogen) atoms. The smallest absolute Gasteiger partial charge is 0.319 e. The highest BCUT2D eigenvalue weighted by molar-refractivity contribution is 5.89. The Morgan fingerprint density at radius 1 is 1.08 bits per heavy atom. The van der Waals surface area contributed by atoms with Gasteiger partial charge in [-0.05, 0) is 56.4 Å². The average Bonchev–Trinajstić information content (AvgIpc) is 3.28. The predicted octanol–water partition coefficient (Wildman–Crippen LogP) is 2.94. The molecule has 2 amide bonds. The molecule has 2 atom stereocenters. The van der Waals surface area contributed by atoms with E-state index in [1.54, 1.807) is 0 Å². The van der Waals surface area contributed by atoms with Gasteiger partial charge in [0.05, 0.1) is 12.2 Å². The second-order valence-corrected chi connectivity index (χ2v) is 6.28. The first kappa shape index (κ1) is 17.0. The van der Waals surface area contributed by atoms with Gasteiger partial charge >= 0.3 is 6.03 Å². The van der Waals surface area contributed by atoms with Crippen LogP contribution >= 0.6 is 0 Å². The van der Waals surface area contributed by atoms with Gasteiger partial charge in [0.25, 0.3) is 0 Å². The van der Waals surface area contributed by atoms with Crippen LogP contribution in [0.2, 0.25) is 0 Å². The Labute approximate surface area is 142 Å². The first-order chi connectivity index (χ1) is 11.8. The number of amides is 2. The lowest BCUT2D eigenvalue weighted by Gasteiger charge is -2.13. The van der Waals surface area contributed by atoms with E-state index in [2.05, 4.69) is 10.6 Å². The summed E-state index contributed by atoms with van der Waals surface area (Å²) in [4.78, 5) is 11.9. The van der Waals surface area contributed by atoms with Crippen molar-refractivity contribution < 1.29 is 19.0 Å². The summed E-state index contributed by atoms with van der Waals surface area (Å²) in [7, 11) is 0. The summed E-state index contributed by atoms with van der Waals surface area (Å²) in [6.45, 7) is 2.88. The summed E-state index contributed by atoms with van der Waals surface area (Å²) in [6.07, 6.45) is 5.76. The van der Waals surface area contributed by atoms with Gasteiger partial charge in [-0.2, -0.15) is 0 Å². The lowest BCUT2D eigenvalue weighted by Crippen LogP contribution is -2.31. The van der Waals surface area contributed by atoms with Gasteiger partial charge in [-0.1, -0.05) is 0 Å². The number of benzene rings is 1. The van der Waals surface area contributed by atoms with Crippen molar-refractivity contribution in [3.8, 4) is 5.75 Å². The molecule has 2 heterocycles. The molecule has 1 aromatic rings. The van der Waals surface area contributed by atoms with Gasteiger partial charge in [0.15, 0.2) is 0 Å². The van der Waals surface area contributed by atoms with Crippen LogP contribution < -0.4 is 15.4 Å². The van der Waals surface area contributed by atoms with Crippen molar-refractivity contribution in [1.29, 1.82) is 0 Å². The van der Waals surface area contributed by atoms with Crippen LogP contribution in [0.4, 0.5) is 10.5 Å². The molecule has 0 aromatic heterocycles. The zero-order valence-electron chi connectivity index (χ0n) is 14.0. The van der Waals surface area contributed by atoms with Crippen LogP contribution in [0, 0.1) is 0 Å². The molecule has 132 valence electrons.